The summed E-state index contributed by atoms with van der Waals surface area (Å²) in [6.45, 7) is 4.08. The van der Waals surface area contributed by atoms with Crippen LogP contribution in [0.15, 0.2) is 18.2 Å². The summed E-state index contributed by atoms with van der Waals surface area (Å²) < 4.78 is 0. The van der Waals surface area contributed by atoms with Crippen molar-refractivity contribution < 1.29 is 4.79 Å². The van der Waals surface area contributed by atoms with Crippen LogP contribution >= 0.6 is 0 Å². The van der Waals surface area contributed by atoms with Gasteiger partial charge in [0.1, 0.15) is 12.1 Å². The molecule has 106 valence electrons. The van der Waals surface area contributed by atoms with Gasteiger partial charge < -0.3 is 15.5 Å². The number of hydrogen-bond donors (Lipinski definition) is 2. The van der Waals surface area contributed by atoms with Gasteiger partial charge in [-0.25, -0.2) is 0 Å². The average molecular weight is 272 g/mol. The van der Waals surface area contributed by atoms with E-state index in [2.05, 4.69) is 16.7 Å². The number of nitriles is 1. The van der Waals surface area contributed by atoms with Gasteiger partial charge in [-0.15, -0.1) is 0 Å². The second kappa shape index (κ2) is 6.40. The fourth-order valence-electron chi connectivity index (χ4n) is 2.65. The Kier molecular flexibility index (Phi) is 4.59. The van der Waals surface area contributed by atoms with Crippen LogP contribution in [-0.4, -0.2) is 32.1 Å². The van der Waals surface area contributed by atoms with E-state index in [4.69, 9.17) is 0 Å². The normalized spacial score (nSPS) is 18.6. The molecule has 2 N–H and O–H groups in total. The predicted molar refractivity (Wildman–Crippen MR) is 78.4 cm³/mol. The van der Waals surface area contributed by atoms with E-state index in [-0.39, 0.29) is 11.9 Å². The van der Waals surface area contributed by atoms with Crippen molar-refractivity contribution in [1.29, 1.82) is 5.26 Å². The van der Waals surface area contributed by atoms with Gasteiger partial charge in [0.05, 0.1) is 11.3 Å². The smallest absolute Gasteiger partial charge is 0.242 e. The molecule has 0 aromatic heterocycles. The highest BCUT2D eigenvalue weighted by atomic mass is 16.2. The van der Waals surface area contributed by atoms with Gasteiger partial charge in [0.25, 0.3) is 0 Å². The Balaban J connectivity index is 2.36. The second-order valence-electron chi connectivity index (χ2n) is 4.90. The summed E-state index contributed by atoms with van der Waals surface area (Å²) in [5.41, 5.74) is 2.56. The highest BCUT2D eigenvalue weighted by Crippen LogP contribution is 2.25. The van der Waals surface area contributed by atoms with Gasteiger partial charge in [-0.3, -0.25) is 4.79 Å². The Morgan fingerprint density at radius 2 is 2.35 bits per heavy atom. The summed E-state index contributed by atoms with van der Waals surface area (Å²) in [5.74, 6) is 0.0435. The van der Waals surface area contributed by atoms with Crippen LogP contribution in [0.3, 0.4) is 0 Å². The standard InChI is InChI=1S/C15H20N4O/c1-3-13-15(20)18-6-7-19(13)14-5-4-11(10-17-2)8-12(14)9-16/h4-5,8,13,17H,3,6-7,10H2,1-2H3,(H,18,20). The lowest BCUT2D eigenvalue weighted by molar-refractivity contribution is -0.123. The highest BCUT2D eigenvalue weighted by molar-refractivity contribution is 5.87. The molecule has 20 heavy (non-hydrogen) atoms. The fourth-order valence-corrected chi connectivity index (χ4v) is 2.65. The number of benzene rings is 1. The first-order chi connectivity index (χ1) is 9.71. The molecule has 1 unspecified atom stereocenters. The quantitative estimate of drug-likeness (QED) is 0.858. The lowest BCUT2D eigenvalue weighted by Crippen LogP contribution is -2.55. The minimum absolute atomic E-state index is 0.0435. The van der Waals surface area contributed by atoms with E-state index in [1.807, 2.05) is 37.1 Å². The molecular formula is C15H20N4O. The van der Waals surface area contributed by atoms with Crippen LogP contribution in [0.5, 0.6) is 0 Å². The van der Waals surface area contributed by atoms with E-state index in [0.717, 1.165) is 30.8 Å². The van der Waals surface area contributed by atoms with Gasteiger partial charge in [0.2, 0.25) is 5.91 Å². The van der Waals surface area contributed by atoms with E-state index in [9.17, 15) is 10.1 Å². The molecule has 1 amide bonds. The molecule has 0 saturated carbocycles. The summed E-state index contributed by atoms with van der Waals surface area (Å²) in [6.07, 6.45) is 0.731. The first-order valence-corrected chi connectivity index (χ1v) is 6.93. The van der Waals surface area contributed by atoms with Gasteiger partial charge in [0, 0.05) is 19.6 Å². The van der Waals surface area contributed by atoms with Crippen molar-refractivity contribution in [3.05, 3.63) is 29.3 Å². The van der Waals surface area contributed by atoms with Crippen molar-refractivity contribution in [1.82, 2.24) is 10.6 Å². The molecule has 1 heterocycles. The number of carbonyl (C=O) groups is 1. The molecule has 1 saturated heterocycles. The summed E-state index contributed by atoms with van der Waals surface area (Å²) in [7, 11) is 1.88. The van der Waals surface area contributed by atoms with Gasteiger partial charge in [-0.1, -0.05) is 13.0 Å². The van der Waals surface area contributed by atoms with Gasteiger partial charge >= 0.3 is 0 Å². The molecule has 2 rings (SSSR count). The molecular weight excluding hydrogens is 252 g/mol. The summed E-state index contributed by atoms with van der Waals surface area (Å²) in [6, 6.07) is 7.91. The second-order valence-corrected chi connectivity index (χ2v) is 4.90. The van der Waals surface area contributed by atoms with Crippen LogP contribution in [-0.2, 0) is 11.3 Å². The molecule has 1 aliphatic rings. The number of piperazine rings is 1. The topological polar surface area (TPSA) is 68.2 Å². The van der Waals surface area contributed by atoms with Crippen molar-refractivity contribution in [2.75, 3.05) is 25.0 Å². The Labute approximate surface area is 119 Å². The third-order valence-corrected chi connectivity index (χ3v) is 3.59. The van der Waals surface area contributed by atoms with Crippen LogP contribution in [0.25, 0.3) is 0 Å². The SMILES string of the molecule is CCC1C(=O)NCCN1c1ccc(CNC)cc1C#N. The largest absolute Gasteiger partial charge is 0.357 e. The lowest BCUT2D eigenvalue weighted by atomic mass is 10.0. The van der Waals surface area contributed by atoms with Gasteiger partial charge in [0.15, 0.2) is 0 Å². The number of rotatable bonds is 4. The lowest BCUT2D eigenvalue weighted by Gasteiger charge is -2.36. The predicted octanol–water partition coefficient (Wildman–Crippen LogP) is 0.992. The summed E-state index contributed by atoms with van der Waals surface area (Å²) in [4.78, 5) is 14.0. The maximum atomic E-state index is 11.9. The van der Waals surface area contributed by atoms with Crippen molar-refractivity contribution >= 4 is 11.6 Å². The van der Waals surface area contributed by atoms with Crippen LogP contribution in [0.2, 0.25) is 0 Å². The Morgan fingerprint density at radius 3 is 3.00 bits per heavy atom. The van der Waals surface area contributed by atoms with Crippen LogP contribution < -0.4 is 15.5 Å². The van der Waals surface area contributed by atoms with Crippen molar-refractivity contribution in [2.24, 2.45) is 0 Å². The number of hydrogen-bond acceptors (Lipinski definition) is 4. The molecule has 5 nitrogen and oxygen atoms in total. The maximum Gasteiger partial charge on any atom is 0.242 e. The molecule has 0 bridgehead atoms. The molecule has 1 aromatic rings. The number of amides is 1. The minimum Gasteiger partial charge on any atom is -0.357 e. The monoisotopic (exact) mass is 272 g/mol. The highest BCUT2D eigenvalue weighted by Gasteiger charge is 2.29. The van der Waals surface area contributed by atoms with E-state index < -0.39 is 0 Å². The zero-order valence-electron chi connectivity index (χ0n) is 11.9. The molecule has 0 spiro atoms. The first-order valence-electron chi connectivity index (χ1n) is 6.93. The molecule has 1 fully saturated rings. The Bertz CT molecular complexity index is 535. The molecule has 0 radical (unpaired) electrons. The molecule has 5 heteroatoms. The van der Waals surface area contributed by atoms with Gasteiger partial charge in [-0.05, 0) is 31.2 Å². The third-order valence-electron chi connectivity index (χ3n) is 3.59. The van der Waals surface area contributed by atoms with E-state index >= 15 is 0 Å². The number of nitrogens with zero attached hydrogens (tertiary/aromatic N) is 2. The van der Waals surface area contributed by atoms with Crippen molar-refractivity contribution in [3.8, 4) is 6.07 Å². The molecule has 1 atom stereocenters. The first kappa shape index (κ1) is 14.4. The van der Waals surface area contributed by atoms with Crippen LogP contribution in [0.1, 0.15) is 24.5 Å². The molecule has 1 aliphatic heterocycles. The third kappa shape index (κ3) is 2.75. The van der Waals surface area contributed by atoms with Crippen molar-refractivity contribution in [3.63, 3.8) is 0 Å². The van der Waals surface area contributed by atoms with E-state index in [0.29, 0.717) is 12.1 Å². The number of nitrogens with one attached hydrogen (secondary N) is 2. The summed E-state index contributed by atoms with van der Waals surface area (Å²) in [5, 5.41) is 15.3. The van der Waals surface area contributed by atoms with Crippen LogP contribution in [0.4, 0.5) is 5.69 Å². The molecule has 0 aliphatic carbocycles. The molecule has 1 aromatic carbocycles. The van der Waals surface area contributed by atoms with E-state index in [1.165, 1.54) is 0 Å². The fraction of sp³-hybridized carbons (Fsp3) is 0.467. The average Bonchev–Trinajstić information content (AvgIpc) is 2.47. The maximum absolute atomic E-state index is 11.9. The van der Waals surface area contributed by atoms with Crippen molar-refractivity contribution in [2.45, 2.75) is 25.9 Å². The Morgan fingerprint density at radius 1 is 1.55 bits per heavy atom. The zero-order valence-corrected chi connectivity index (χ0v) is 11.9. The minimum atomic E-state index is -0.189. The van der Waals surface area contributed by atoms with Gasteiger partial charge in [-0.2, -0.15) is 5.26 Å². The summed E-state index contributed by atoms with van der Waals surface area (Å²) >= 11 is 0. The van der Waals surface area contributed by atoms with Crippen LogP contribution in [0, 0.1) is 11.3 Å². The zero-order chi connectivity index (χ0) is 14.5. The van der Waals surface area contributed by atoms with E-state index in [1.54, 1.807) is 0 Å². The Hall–Kier alpha value is -2.06. The number of anilines is 1. The number of carbonyl (C=O) groups excluding carboxylic acids is 1.